The van der Waals surface area contributed by atoms with Gasteiger partial charge in [-0.2, -0.15) is 0 Å². The number of esters is 1. The quantitative estimate of drug-likeness (QED) is 0.269. The second-order valence-electron chi connectivity index (χ2n) is 3.15. The van der Waals surface area contributed by atoms with Crippen molar-refractivity contribution in [3.8, 4) is 0 Å². The molecule has 5 heteroatoms. The van der Waals surface area contributed by atoms with Crippen molar-refractivity contribution >= 4 is 15.3 Å². The van der Waals surface area contributed by atoms with Gasteiger partial charge in [0.1, 0.15) is 0 Å². The van der Waals surface area contributed by atoms with Crippen LogP contribution in [0.5, 0.6) is 0 Å². The summed E-state index contributed by atoms with van der Waals surface area (Å²) in [5.41, 5.74) is 0. The van der Waals surface area contributed by atoms with Gasteiger partial charge in [0.25, 0.3) is 0 Å². The van der Waals surface area contributed by atoms with Gasteiger partial charge in [0.2, 0.25) is 0 Å². The van der Waals surface area contributed by atoms with Gasteiger partial charge < -0.3 is 13.6 Å². The molecule has 0 rings (SSSR count). The molecule has 0 aromatic rings. The first-order chi connectivity index (χ1) is 7.74. The Morgan fingerprint density at radius 3 is 2.38 bits per heavy atom. The van der Waals surface area contributed by atoms with Crippen molar-refractivity contribution in [3.63, 3.8) is 0 Å². The molecule has 0 unspecified atom stereocenters. The highest BCUT2D eigenvalue weighted by molar-refractivity contribution is 6.44. The number of hydrogen-bond acceptors (Lipinski definition) is 4. The van der Waals surface area contributed by atoms with Crippen molar-refractivity contribution < 1.29 is 18.4 Å². The van der Waals surface area contributed by atoms with Gasteiger partial charge in [-0.1, -0.05) is 6.08 Å². The number of carbonyl (C=O) groups excluding carboxylic acids is 1. The predicted molar refractivity (Wildman–Crippen MR) is 65.6 cm³/mol. The zero-order valence-electron chi connectivity index (χ0n) is 10.4. The molecule has 4 nitrogen and oxygen atoms in total. The molecule has 0 heterocycles. The van der Waals surface area contributed by atoms with Crippen LogP contribution in [0.1, 0.15) is 27.2 Å². The molecule has 0 N–H and O–H groups in total. The number of ether oxygens (including phenoxy) is 1. The molecule has 0 aromatic heterocycles. The first kappa shape index (κ1) is 15.3. The second-order valence-corrected chi connectivity index (χ2v) is 5.25. The highest BCUT2D eigenvalue weighted by Gasteiger charge is 2.11. The Bertz CT molecular complexity index is 200. The summed E-state index contributed by atoms with van der Waals surface area (Å²) in [5, 5.41) is 0. The van der Waals surface area contributed by atoms with E-state index in [1.807, 2.05) is 13.8 Å². The van der Waals surface area contributed by atoms with E-state index >= 15 is 0 Å². The van der Waals surface area contributed by atoms with Crippen LogP contribution in [0.4, 0.5) is 0 Å². The van der Waals surface area contributed by atoms with E-state index in [0.29, 0.717) is 19.8 Å². The van der Waals surface area contributed by atoms with Gasteiger partial charge in [-0.25, -0.2) is 4.79 Å². The van der Waals surface area contributed by atoms with E-state index in [4.69, 9.17) is 13.6 Å². The predicted octanol–water partition coefficient (Wildman–Crippen LogP) is 1.79. The third kappa shape index (κ3) is 8.64. The largest absolute Gasteiger partial charge is 0.463 e. The summed E-state index contributed by atoms with van der Waals surface area (Å²) < 4.78 is 16.0. The second kappa shape index (κ2) is 10.9. The lowest BCUT2D eigenvalue weighted by Gasteiger charge is -2.14. The van der Waals surface area contributed by atoms with Gasteiger partial charge in [0, 0.05) is 19.3 Å². The molecule has 94 valence electrons. The lowest BCUT2D eigenvalue weighted by atomic mass is 10.5. The zero-order chi connectivity index (χ0) is 12.2. The Kier molecular flexibility index (Phi) is 10.4. The average Bonchev–Trinajstić information content (AvgIpc) is 2.25. The third-order valence-corrected chi connectivity index (χ3v) is 4.13. The Hall–Kier alpha value is -0.653. The van der Waals surface area contributed by atoms with Crippen LogP contribution in [0, 0.1) is 0 Å². The molecule has 16 heavy (non-hydrogen) atoms. The summed E-state index contributed by atoms with van der Waals surface area (Å²) in [5.74, 6) is -0.284. The lowest BCUT2D eigenvalue weighted by molar-refractivity contribution is -0.137. The molecule has 0 aliphatic rings. The molecule has 0 aromatic carbocycles. The van der Waals surface area contributed by atoms with Crippen molar-refractivity contribution in [3.05, 3.63) is 12.2 Å². The first-order valence-corrected chi connectivity index (χ1v) is 7.53. The number of rotatable bonds is 9. The van der Waals surface area contributed by atoms with E-state index in [0.717, 1.165) is 12.5 Å². The summed E-state index contributed by atoms with van der Waals surface area (Å²) in [6.07, 6.45) is 3.89. The fourth-order valence-electron chi connectivity index (χ4n) is 1.19. The van der Waals surface area contributed by atoms with Crippen LogP contribution in [0.3, 0.4) is 0 Å². The number of carbonyl (C=O) groups is 1. The molecular formula is C11H22O4Si. The lowest BCUT2D eigenvalue weighted by Crippen LogP contribution is -2.23. The van der Waals surface area contributed by atoms with Crippen molar-refractivity contribution in [1.29, 1.82) is 0 Å². The minimum atomic E-state index is -1.52. The Balaban J connectivity index is 3.57. The molecule has 0 atom stereocenters. The maximum atomic E-state index is 11.0. The van der Waals surface area contributed by atoms with Gasteiger partial charge in [0.05, 0.1) is 6.61 Å². The first-order valence-electron chi connectivity index (χ1n) is 5.77. The Morgan fingerprint density at radius 2 is 1.88 bits per heavy atom. The molecule has 0 saturated carbocycles. The van der Waals surface area contributed by atoms with E-state index in [-0.39, 0.29) is 5.97 Å². The Morgan fingerprint density at radius 1 is 1.25 bits per heavy atom. The van der Waals surface area contributed by atoms with E-state index in [2.05, 4.69) is 0 Å². The molecule has 0 aliphatic heterocycles. The van der Waals surface area contributed by atoms with Crippen LogP contribution < -0.4 is 0 Å². The van der Waals surface area contributed by atoms with Gasteiger partial charge in [-0.05, 0) is 33.2 Å². The van der Waals surface area contributed by atoms with Gasteiger partial charge in [-0.15, -0.1) is 0 Å². The molecular weight excluding hydrogens is 224 g/mol. The number of hydrogen-bond donors (Lipinski definition) is 0. The van der Waals surface area contributed by atoms with E-state index < -0.39 is 9.28 Å². The third-order valence-electron chi connectivity index (χ3n) is 1.84. The maximum absolute atomic E-state index is 11.0. The zero-order valence-corrected chi connectivity index (χ0v) is 11.6. The smallest absolute Gasteiger partial charge is 0.330 e. The molecule has 0 amide bonds. The van der Waals surface area contributed by atoms with Crippen LogP contribution in [0.25, 0.3) is 0 Å². The molecule has 0 aliphatic carbocycles. The van der Waals surface area contributed by atoms with Crippen molar-refractivity contribution in [1.82, 2.24) is 0 Å². The molecule has 0 bridgehead atoms. The van der Waals surface area contributed by atoms with Gasteiger partial charge >= 0.3 is 15.3 Å². The van der Waals surface area contributed by atoms with Crippen LogP contribution in [-0.2, 0) is 18.4 Å². The summed E-state index contributed by atoms with van der Waals surface area (Å²) in [6, 6.07) is 0.880. The summed E-state index contributed by atoms with van der Waals surface area (Å²) in [6.45, 7) is 7.53. The maximum Gasteiger partial charge on any atom is 0.330 e. The SMILES string of the molecule is CC=CC(=O)OCCC[SiH](OCC)OCC. The standard InChI is InChI=1S/C11H22O4Si/c1-4-8-11(12)13-9-7-10-16(14-5-2)15-6-3/h4,8,16H,5-7,9-10H2,1-3H3. The van der Waals surface area contributed by atoms with Crippen LogP contribution in [0.15, 0.2) is 12.2 Å². The van der Waals surface area contributed by atoms with Crippen LogP contribution >= 0.6 is 0 Å². The highest BCUT2D eigenvalue weighted by atomic mass is 28.3. The van der Waals surface area contributed by atoms with E-state index in [1.165, 1.54) is 6.08 Å². The molecule has 0 fully saturated rings. The fraction of sp³-hybridized carbons (Fsp3) is 0.727. The summed E-state index contributed by atoms with van der Waals surface area (Å²) >= 11 is 0. The van der Waals surface area contributed by atoms with Crippen LogP contribution in [-0.4, -0.2) is 35.1 Å². The van der Waals surface area contributed by atoms with E-state index in [1.54, 1.807) is 13.0 Å². The topological polar surface area (TPSA) is 44.8 Å². The summed E-state index contributed by atoms with van der Waals surface area (Å²) in [4.78, 5) is 11.0. The normalized spacial score (nSPS) is 11.2. The Labute approximate surface area is 99.4 Å². The van der Waals surface area contributed by atoms with Crippen molar-refractivity contribution in [2.75, 3.05) is 19.8 Å². The minimum absolute atomic E-state index is 0.284. The molecule has 0 saturated heterocycles. The monoisotopic (exact) mass is 246 g/mol. The van der Waals surface area contributed by atoms with E-state index in [9.17, 15) is 4.79 Å². The fourth-order valence-corrected chi connectivity index (χ4v) is 2.87. The highest BCUT2D eigenvalue weighted by Crippen LogP contribution is 2.02. The minimum Gasteiger partial charge on any atom is -0.463 e. The summed E-state index contributed by atoms with van der Waals surface area (Å²) in [7, 11) is -1.52. The van der Waals surface area contributed by atoms with Gasteiger partial charge in [0.15, 0.2) is 0 Å². The van der Waals surface area contributed by atoms with Crippen molar-refractivity contribution in [2.24, 2.45) is 0 Å². The number of allylic oxidation sites excluding steroid dienone is 1. The van der Waals surface area contributed by atoms with Gasteiger partial charge in [-0.3, -0.25) is 0 Å². The average molecular weight is 246 g/mol. The molecule has 0 radical (unpaired) electrons. The molecule has 0 spiro atoms. The van der Waals surface area contributed by atoms with Crippen molar-refractivity contribution in [2.45, 2.75) is 33.2 Å². The van der Waals surface area contributed by atoms with Crippen LogP contribution in [0.2, 0.25) is 6.04 Å².